The van der Waals surface area contributed by atoms with Crippen LogP contribution in [0.4, 0.5) is 0 Å². The summed E-state index contributed by atoms with van der Waals surface area (Å²) in [6.07, 6.45) is 71.4. The lowest BCUT2D eigenvalue weighted by Gasteiger charge is -2.25. The number of quaternary nitrogens is 1. The van der Waals surface area contributed by atoms with Gasteiger partial charge in [-0.1, -0.05) is 260 Å². The van der Waals surface area contributed by atoms with E-state index < -0.39 is 20.0 Å². The zero-order valence-corrected chi connectivity index (χ0v) is 47.4. The van der Waals surface area contributed by atoms with E-state index in [1.165, 1.54) is 161 Å². The minimum Gasteiger partial charge on any atom is -0.387 e. The summed E-state index contributed by atoms with van der Waals surface area (Å²) in [5.41, 5.74) is 0. The molecule has 1 amide bonds. The molecule has 0 heterocycles. The molecule has 0 aromatic heterocycles. The molecule has 0 fully saturated rings. The predicted molar refractivity (Wildman–Crippen MR) is 304 cm³/mol. The van der Waals surface area contributed by atoms with Gasteiger partial charge in [-0.3, -0.25) is 13.8 Å². The number of nitrogens with zero attached hydrogens (tertiary/aromatic N) is 1. The van der Waals surface area contributed by atoms with Crippen LogP contribution in [-0.4, -0.2) is 73.4 Å². The predicted octanol–water partition coefficient (Wildman–Crippen LogP) is 17.9. The summed E-state index contributed by atoms with van der Waals surface area (Å²) in [5, 5.41) is 14.0. The molecule has 9 heteroatoms. The molecular formula is C61H114N2O6P+. The van der Waals surface area contributed by atoms with E-state index in [1.807, 2.05) is 27.2 Å². The van der Waals surface area contributed by atoms with Gasteiger partial charge in [0.25, 0.3) is 0 Å². The molecule has 0 rings (SSSR count). The van der Waals surface area contributed by atoms with Crippen LogP contribution in [-0.2, 0) is 18.4 Å². The Morgan fingerprint density at radius 2 is 0.857 bits per heavy atom. The number of unbranched alkanes of at least 4 members (excludes halogenated alkanes) is 30. The van der Waals surface area contributed by atoms with Gasteiger partial charge in [0.15, 0.2) is 0 Å². The number of aliphatic hydroxyl groups excluding tert-OH is 1. The highest BCUT2D eigenvalue weighted by atomic mass is 31.2. The van der Waals surface area contributed by atoms with Crippen molar-refractivity contribution in [1.82, 2.24) is 5.32 Å². The summed E-state index contributed by atoms with van der Waals surface area (Å²) in [6.45, 7) is 4.72. The number of nitrogens with one attached hydrogen (secondary N) is 1. The minimum atomic E-state index is -4.35. The number of carbonyl (C=O) groups excluding carboxylic acids is 1. The molecular weight excluding hydrogens is 888 g/mol. The molecule has 0 saturated heterocycles. The van der Waals surface area contributed by atoms with Crippen molar-refractivity contribution in [3.63, 3.8) is 0 Å². The Hall–Kier alpha value is -2.06. The number of aliphatic hydroxyl groups is 1. The number of amides is 1. The zero-order chi connectivity index (χ0) is 51.3. The number of carbonyl (C=O) groups is 1. The van der Waals surface area contributed by atoms with Crippen LogP contribution >= 0.6 is 7.82 Å². The van der Waals surface area contributed by atoms with Crippen molar-refractivity contribution in [1.29, 1.82) is 0 Å². The Labute approximate surface area is 434 Å². The van der Waals surface area contributed by atoms with Gasteiger partial charge in [-0.05, 0) is 64.2 Å². The van der Waals surface area contributed by atoms with Gasteiger partial charge in [0, 0.05) is 6.42 Å². The van der Waals surface area contributed by atoms with Crippen molar-refractivity contribution in [2.45, 2.75) is 270 Å². The lowest BCUT2D eigenvalue weighted by atomic mass is 10.0. The highest BCUT2D eigenvalue weighted by Gasteiger charge is 2.27. The number of phosphoric acid groups is 1. The average molecular weight is 1000 g/mol. The van der Waals surface area contributed by atoms with E-state index in [0.29, 0.717) is 17.4 Å². The molecule has 3 unspecified atom stereocenters. The highest BCUT2D eigenvalue weighted by Crippen LogP contribution is 2.43. The van der Waals surface area contributed by atoms with Gasteiger partial charge in [-0.25, -0.2) is 4.57 Å². The Kier molecular flexibility index (Phi) is 50.3. The van der Waals surface area contributed by atoms with Gasteiger partial charge in [0.1, 0.15) is 13.2 Å². The molecule has 0 aliphatic heterocycles. The van der Waals surface area contributed by atoms with Gasteiger partial charge >= 0.3 is 7.82 Å². The third-order valence-electron chi connectivity index (χ3n) is 12.9. The summed E-state index contributed by atoms with van der Waals surface area (Å²) in [4.78, 5) is 23.3. The van der Waals surface area contributed by atoms with Crippen LogP contribution in [0.25, 0.3) is 0 Å². The first-order chi connectivity index (χ1) is 34.0. The highest BCUT2D eigenvalue weighted by molar-refractivity contribution is 7.47. The van der Waals surface area contributed by atoms with E-state index in [1.54, 1.807) is 6.08 Å². The smallest absolute Gasteiger partial charge is 0.387 e. The van der Waals surface area contributed by atoms with Crippen molar-refractivity contribution in [3.8, 4) is 0 Å². The fourth-order valence-electron chi connectivity index (χ4n) is 8.36. The van der Waals surface area contributed by atoms with Crippen LogP contribution < -0.4 is 5.32 Å². The molecule has 0 saturated carbocycles. The van der Waals surface area contributed by atoms with Gasteiger partial charge in [0.2, 0.25) is 5.91 Å². The summed E-state index contributed by atoms with van der Waals surface area (Å²) < 4.78 is 23.7. The monoisotopic (exact) mass is 1000 g/mol. The molecule has 408 valence electrons. The van der Waals surface area contributed by atoms with Gasteiger partial charge in [0.05, 0.1) is 39.9 Å². The third-order valence-corrected chi connectivity index (χ3v) is 13.9. The number of likely N-dealkylation sites (N-methyl/N-ethyl adjacent to an activating group) is 1. The maximum absolute atomic E-state index is 13.0. The molecule has 0 aromatic rings. The fraction of sp³-hybridized carbons (Fsp3) is 0.787. The number of rotatable bonds is 53. The normalized spacial score (nSPS) is 14.4. The standard InChI is InChI=1S/C61H113N2O6P/c1-6-8-10-12-14-16-18-20-22-24-26-28-30-31-33-35-37-39-41-43-45-47-49-51-53-55-61(65)62-59(58-69-70(66,67)68-57-56-63(3,4)5)60(64)54-52-50-48-46-44-42-40-38-36-34-32-29-27-25-23-21-19-17-15-13-11-9-7-2/h8,10,14,16,20,22,26,28,31,33,52,54,59-60,64H,6-7,9,11-13,15,17-19,21,23-25,27,29-30,32,34-51,53,55-58H2,1-5H3,(H-,62,65,66,67)/p+1/b10-8-,16-14-,22-20-,28-26-,33-31-,54-52+. The van der Waals surface area contributed by atoms with Crippen LogP contribution in [0.5, 0.6) is 0 Å². The molecule has 3 atom stereocenters. The summed E-state index contributed by atoms with van der Waals surface area (Å²) >= 11 is 0. The topological polar surface area (TPSA) is 105 Å². The SMILES string of the molecule is CC/C=C\C/C=C\C/C=C\C/C=C\C/C=C\CCCCCCCCCCCC(=O)NC(COP(=O)(O)OCC[N+](C)(C)C)C(O)/C=C/CCCCCCCCCCCCCCCCCCCCCCC. The van der Waals surface area contributed by atoms with Crippen molar-refractivity contribution >= 4 is 13.7 Å². The summed E-state index contributed by atoms with van der Waals surface area (Å²) in [7, 11) is 1.56. The molecule has 0 bridgehead atoms. The second-order valence-corrected chi connectivity index (χ2v) is 22.4. The van der Waals surface area contributed by atoms with Crippen molar-refractivity contribution < 1.29 is 32.9 Å². The van der Waals surface area contributed by atoms with Crippen molar-refractivity contribution in [2.75, 3.05) is 40.9 Å². The maximum atomic E-state index is 13.0. The molecule has 0 radical (unpaired) electrons. The molecule has 0 spiro atoms. The van der Waals surface area contributed by atoms with Crippen LogP contribution in [0.15, 0.2) is 72.9 Å². The van der Waals surface area contributed by atoms with E-state index in [4.69, 9.17) is 9.05 Å². The Balaban J connectivity index is 4.24. The Bertz CT molecular complexity index is 1370. The first kappa shape index (κ1) is 67.9. The van der Waals surface area contributed by atoms with Crippen LogP contribution in [0.3, 0.4) is 0 Å². The van der Waals surface area contributed by atoms with Crippen LogP contribution in [0.2, 0.25) is 0 Å². The van der Waals surface area contributed by atoms with E-state index >= 15 is 0 Å². The number of hydrogen-bond donors (Lipinski definition) is 3. The van der Waals surface area contributed by atoms with Gasteiger partial charge in [-0.2, -0.15) is 0 Å². The van der Waals surface area contributed by atoms with E-state index in [-0.39, 0.29) is 19.1 Å². The average Bonchev–Trinajstić information content (AvgIpc) is 3.32. The molecule has 70 heavy (non-hydrogen) atoms. The number of phosphoric ester groups is 1. The van der Waals surface area contributed by atoms with Crippen molar-refractivity contribution in [3.05, 3.63) is 72.9 Å². The van der Waals surface area contributed by atoms with E-state index in [0.717, 1.165) is 77.0 Å². The van der Waals surface area contributed by atoms with Gasteiger partial charge < -0.3 is 19.8 Å². The zero-order valence-electron chi connectivity index (χ0n) is 46.5. The first-order valence-corrected chi connectivity index (χ1v) is 30.8. The summed E-state index contributed by atoms with van der Waals surface area (Å²) in [5.74, 6) is -0.184. The second kappa shape index (κ2) is 51.8. The third kappa shape index (κ3) is 53.7. The maximum Gasteiger partial charge on any atom is 0.472 e. The number of allylic oxidation sites excluding steroid dienone is 11. The fourth-order valence-corrected chi connectivity index (χ4v) is 9.10. The second-order valence-electron chi connectivity index (χ2n) is 21.0. The Morgan fingerprint density at radius 3 is 1.26 bits per heavy atom. The van der Waals surface area contributed by atoms with Crippen molar-refractivity contribution in [2.24, 2.45) is 0 Å². The lowest BCUT2D eigenvalue weighted by molar-refractivity contribution is -0.870. The molecule has 0 aliphatic carbocycles. The lowest BCUT2D eigenvalue weighted by Crippen LogP contribution is -2.45. The van der Waals surface area contributed by atoms with Crippen LogP contribution in [0.1, 0.15) is 258 Å². The molecule has 0 aliphatic rings. The molecule has 8 nitrogen and oxygen atoms in total. The largest absolute Gasteiger partial charge is 0.472 e. The summed E-state index contributed by atoms with van der Waals surface area (Å²) in [6, 6.07) is -0.855. The molecule has 0 aromatic carbocycles. The van der Waals surface area contributed by atoms with Crippen LogP contribution in [0, 0.1) is 0 Å². The molecule has 3 N–H and O–H groups in total. The minimum absolute atomic E-state index is 0.0576. The number of hydrogen-bond acceptors (Lipinski definition) is 5. The quantitative estimate of drug-likeness (QED) is 0.0243. The van der Waals surface area contributed by atoms with E-state index in [2.05, 4.69) is 79.9 Å². The Morgan fingerprint density at radius 1 is 0.500 bits per heavy atom. The van der Waals surface area contributed by atoms with Gasteiger partial charge in [-0.15, -0.1) is 0 Å². The van der Waals surface area contributed by atoms with E-state index in [9.17, 15) is 19.4 Å². The first-order valence-electron chi connectivity index (χ1n) is 29.3.